The molecule has 2 aromatic rings. The molecular weight excluding hydrogens is 290 g/mol. The molecule has 0 amide bonds. The summed E-state index contributed by atoms with van der Waals surface area (Å²) in [7, 11) is -2.05. The molecule has 1 aromatic heterocycles. The highest BCUT2D eigenvalue weighted by molar-refractivity contribution is 7.89. The van der Waals surface area contributed by atoms with Crippen LogP contribution >= 0.6 is 0 Å². The Bertz CT molecular complexity index is 728. The maximum Gasteiger partial charge on any atom is 0.261 e. The molecule has 0 saturated carbocycles. The molecule has 1 aromatic carbocycles. The van der Waals surface area contributed by atoms with Crippen LogP contribution in [-0.4, -0.2) is 46.8 Å². The minimum Gasteiger partial charge on any atom is -0.326 e. The molecule has 1 aliphatic rings. The lowest BCUT2D eigenvalue weighted by Crippen LogP contribution is -2.33. The maximum absolute atomic E-state index is 12.6. The van der Waals surface area contributed by atoms with Crippen molar-refractivity contribution in [3.63, 3.8) is 0 Å². The first-order valence-electron chi connectivity index (χ1n) is 6.65. The zero-order valence-electron chi connectivity index (χ0n) is 11.6. The van der Waals surface area contributed by atoms with Crippen LogP contribution in [0.15, 0.2) is 41.6 Å². The Hall–Kier alpha value is -1.77. The second-order valence-corrected chi connectivity index (χ2v) is 7.08. The maximum atomic E-state index is 12.6. The molecule has 1 saturated heterocycles. The van der Waals surface area contributed by atoms with Crippen molar-refractivity contribution in [2.75, 3.05) is 13.1 Å². The smallest absolute Gasteiger partial charge is 0.261 e. The number of rotatable bonds is 3. The zero-order valence-corrected chi connectivity index (χ0v) is 12.4. The Balaban J connectivity index is 1.88. The van der Waals surface area contributed by atoms with Gasteiger partial charge in [-0.1, -0.05) is 35.5 Å². The summed E-state index contributed by atoms with van der Waals surface area (Å²) in [5.41, 5.74) is 7.21. The van der Waals surface area contributed by atoms with E-state index in [0.29, 0.717) is 13.1 Å². The first-order chi connectivity index (χ1) is 10.00. The van der Waals surface area contributed by atoms with E-state index < -0.39 is 10.0 Å². The third-order valence-corrected chi connectivity index (χ3v) is 5.71. The van der Waals surface area contributed by atoms with Crippen LogP contribution in [0.4, 0.5) is 0 Å². The SMILES string of the molecule is Cn1nncc1S(=O)(=O)N1C[C@@H](N)[C@H](c2ccccc2)C1. The summed E-state index contributed by atoms with van der Waals surface area (Å²) < 4.78 is 27.9. The number of aromatic nitrogens is 3. The van der Waals surface area contributed by atoms with Gasteiger partial charge in [0.15, 0.2) is 5.03 Å². The van der Waals surface area contributed by atoms with Gasteiger partial charge in [-0.15, -0.1) is 5.10 Å². The molecule has 0 bridgehead atoms. The molecule has 0 unspecified atom stereocenters. The van der Waals surface area contributed by atoms with Crippen molar-refractivity contribution >= 4 is 10.0 Å². The highest BCUT2D eigenvalue weighted by atomic mass is 32.2. The van der Waals surface area contributed by atoms with Gasteiger partial charge < -0.3 is 5.73 Å². The summed E-state index contributed by atoms with van der Waals surface area (Å²) >= 11 is 0. The second-order valence-electron chi connectivity index (χ2n) is 5.20. The Morgan fingerprint density at radius 2 is 1.95 bits per heavy atom. The Kier molecular flexibility index (Phi) is 3.52. The fraction of sp³-hybridized carbons (Fsp3) is 0.385. The van der Waals surface area contributed by atoms with Crippen molar-refractivity contribution in [3.8, 4) is 0 Å². The van der Waals surface area contributed by atoms with E-state index in [0.717, 1.165) is 5.56 Å². The lowest BCUT2D eigenvalue weighted by Gasteiger charge is -2.16. The number of nitrogens with two attached hydrogens (primary N) is 1. The van der Waals surface area contributed by atoms with E-state index in [2.05, 4.69) is 10.3 Å². The number of aryl methyl sites for hydroxylation is 1. The standard InChI is InChI=1S/C13H17N5O2S/c1-17-13(7-15-16-17)21(19,20)18-8-11(12(14)9-18)10-5-3-2-4-6-10/h2-7,11-12H,8-9,14H2,1H3/t11-,12+/m0/s1. The molecule has 2 heterocycles. The summed E-state index contributed by atoms with van der Waals surface area (Å²) in [5, 5.41) is 7.40. The van der Waals surface area contributed by atoms with Crippen molar-refractivity contribution in [3.05, 3.63) is 42.1 Å². The molecule has 112 valence electrons. The molecule has 7 nitrogen and oxygen atoms in total. The Morgan fingerprint density at radius 1 is 1.24 bits per heavy atom. The van der Waals surface area contributed by atoms with E-state index in [9.17, 15) is 8.42 Å². The van der Waals surface area contributed by atoms with E-state index in [1.807, 2.05) is 30.3 Å². The van der Waals surface area contributed by atoms with Gasteiger partial charge >= 0.3 is 0 Å². The van der Waals surface area contributed by atoms with Gasteiger partial charge in [0.1, 0.15) is 0 Å². The van der Waals surface area contributed by atoms with Crippen LogP contribution in [0.25, 0.3) is 0 Å². The van der Waals surface area contributed by atoms with Crippen LogP contribution in [0.5, 0.6) is 0 Å². The third-order valence-electron chi connectivity index (χ3n) is 3.84. The fourth-order valence-electron chi connectivity index (χ4n) is 2.69. The minimum atomic E-state index is -3.61. The highest BCUT2D eigenvalue weighted by Crippen LogP contribution is 2.29. The highest BCUT2D eigenvalue weighted by Gasteiger charge is 2.39. The molecule has 0 spiro atoms. The lowest BCUT2D eigenvalue weighted by molar-refractivity contribution is 0.460. The molecular formula is C13H17N5O2S. The van der Waals surface area contributed by atoms with Crippen LogP contribution in [0, 0.1) is 0 Å². The monoisotopic (exact) mass is 307 g/mol. The van der Waals surface area contributed by atoms with Crippen molar-refractivity contribution in [2.45, 2.75) is 17.0 Å². The van der Waals surface area contributed by atoms with Gasteiger partial charge in [0, 0.05) is 32.1 Å². The average molecular weight is 307 g/mol. The molecule has 0 radical (unpaired) electrons. The molecule has 0 aliphatic carbocycles. The predicted molar refractivity (Wildman–Crippen MR) is 76.9 cm³/mol. The third kappa shape index (κ3) is 2.45. The van der Waals surface area contributed by atoms with Gasteiger partial charge in [-0.05, 0) is 5.56 Å². The normalized spacial score (nSPS) is 23.5. The molecule has 1 aliphatic heterocycles. The first kappa shape index (κ1) is 14.2. The van der Waals surface area contributed by atoms with Gasteiger partial charge in [-0.3, -0.25) is 0 Å². The van der Waals surface area contributed by atoms with Crippen LogP contribution < -0.4 is 5.73 Å². The predicted octanol–water partition coefficient (Wildman–Crippen LogP) is -0.0695. The number of hydrogen-bond acceptors (Lipinski definition) is 5. The summed E-state index contributed by atoms with van der Waals surface area (Å²) in [6.07, 6.45) is 1.26. The second kappa shape index (κ2) is 5.21. The van der Waals surface area contributed by atoms with Crippen molar-refractivity contribution in [2.24, 2.45) is 12.8 Å². The van der Waals surface area contributed by atoms with Crippen molar-refractivity contribution in [1.29, 1.82) is 0 Å². The summed E-state index contributed by atoms with van der Waals surface area (Å²) in [5.74, 6) is 0.00200. The van der Waals surface area contributed by atoms with E-state index in [1.54, 1.807) is 7.05 Å². The summed E-state index contributed by atoms with van der Waals surface area (Å²) in [6.45, 7) is 0.672. The van der Waals surface area contributed by atoms with Gasteiger partial charge in [0.2, 0.25) is 0 Å². The summed E-state index contributed by atoms with van der Waals surface area (Å²) in [6, 6.07) is 9.54. The van der Waals surface area contributed by atoms with Crippen LogP contribution in [0.2, 0.25) is 0 Å². The van der Waals surface area contributed by atoms with E-state index >= 15 is 0 Å². The minimum absolute atomic E-state index is 0.00200. The molecule has 8 heteroatoms. The quantitative estimate of drug-likeness (QED) is 0.856. The number of hydrogen-bond donors (Lipinski definition) is 1. The van der Waals surface area contributed by atoms with E-state index in [1.165, 1.54) is 15.2 Å². The fourth-order valence-corrected chi connectivity index (χ4v) is 4.23. The number of sulfonamides is 1. The zero-order chi connectivity index (χ0) is 15.0. The largest absolute Gasteiger partial charge is 0.326 e. The Labute approximate surface area is 123 Å². The van der Waals surface area contributed by atoms with Gasteiger partial charge in [0.05, 0.1) is 6.20 Å². The topological polar surface area (TPSA) is 94.1 Å². The number of benzene rings is 1. The molecule has 1 fully saturated rings. The number of nitrogens with zero attached hydrogens (tertiary/aromatic N) is 4. The average Bonchev–Trinajstić information content (AvgIpc) is 3.06. The van der Waals surface area contributed by atoms with Crippen LogP contribution in [0.1, 0.15) is 11.5 Å². The summed E-state index contributed by atoms with van der Waals surface area (Å²) in [4.78, 5) is 0. The Morgan fingerprint density at radius 3 is 2.57 bits per heavy atom. The van der Waals surface area contributed by atoms with Gasteiger partial charge in [-0.25, -0.2) is 13.1 Å². The van der Waals surface area contributed by atoms with Gasteiger partial charge in [-0.2, -0.15) is 4.31 Å². The van der Waals surface area contributed by atoms with E-state index in [-0.39, 0.29) is 17.0 Å². The lowest BCUT2D eigenvalue weighted by atomic mass is 9.95. The van der Waals surface area contributed by atoms with Crippen molar-refractivity contribution in [1.82, 2.24) is 19.3 Å². The van der Waals surface area contributed by atoms with Gasteiger partial charge in [0.25, 0.3) is 10.0 Å². The molecule has 3 rings (SSSR count). The molecule has 21 heavy (non-hydrogen) atoms. The molecule has 2 N–H and O–H groups in total. The van der Waals surface area contributed by atoms with Crippen LogP contribution in [-0.2, 0) is 17.1 Å². The molecule has 2 atom stereocenters. The van der Waals surface area contributed by atoms with Crippen molar-refractivity contribution < 1.29 is 8.42 Å². The van der Waals surface area contributed by atoms with E-state index in [4.69, 9.17) is 5.73 Å². The first-order valence-corrected chi connectivity index (χ1v) is 8.09. The van der Waals surface area contributed by atoms with Crippen LogP contribution in [0.3, 0.4) is 0 Å².